The number of benzene rings is 1. The van der Waals surface area contributed by atoms with Gasteiger partial charge in [0.15, 0.2) is 0 Å². The predicted octanol–water partition coefficient (Wildman–Crippen LogP) is 2.83. The minimum Gasteiger partial charge on any atom is -0.393 e. The molecule has 0 amide bonds. The van der Waals surface area contributed by atoms with E-state index in [4.69, 9.17) is 16.3 Å². The molecule has 0 aliphatic carbocycles. The largest absolute Gasteiger partial charge is 0.393 e. The zero-order chi connectivity index (χ0) is 11.7. The molecule has 0 radical (unpaired) electrons. The van der Waals surface area contributed by atoms with Crippen molar-refractivity contribution in [1.82, 2.24) is 0 Å². The molecule has 1 saturated heterocycles. The lowest BCUT2D eigenvalue weighted by atomic mass is 9.98. The maximum absolute atomic E-state index is 13.5. The molecule has 88 valence electrons. The van der Waals surface area contributed by atoms with Gasteiger partial charge in [0.05, 0.1) is 17.8 Å². The molecule has 5 heteroatoms. The van der Waals surface area contributed by atoms with E-state index in [9.17, 15) is 13.9 Å². The normalized spacial score (nSPS) is 25.8. The highest BCUT2D eigenvalue weighted by Crippen LogP contribution is 2.33. The summed E-state index contributed by atoms with van der Waals surface area (Å²) in [6.07, 6.45) is -0.614. The Labute approximate surface area is 96.8 Å². The van der Waals surface area contributed by atoms with E-state index in [-0.39, 0.29) is 17.0 Å². The quantitative estimate of drug-likeness (QED) is 0.828. The van der Waals surface area contributed by atoms with Crippen molar-refractivity contribution in [3.05, 3.63) is 34.4 Å². The van der Waals surface area contributed by atoms with E-state index in [0.29, 0.717) is 13.0 Å². The molecule has 2 atom stereocenters. The first-order valence-corrected chi connectivity index (χ1v) is 5.40. The average molecular weight is 249 g/mol. The van der Waals surface area contributed by atoms with Crippen LogP contribution in [-0.2, 0) is 4.74 Å². The highest BCUT2D eigenvalue weighted by molar-refractivity contribution is 6.30. The summed E-state index contributed by atoms with van der Waals surface area (Å²) in [5.41, 5.74) is -0.150. The first kappa shape index (κ1) is 11.8. The third kappa shape index (κ3) is 2.34. The van der Waals surface area contributed by atoms with Gasteiger partial charge in [-0.3, -0.25) is 0 Å². The fourth-order valence-electron chi connectivity index (χ4n) is 1.84. The van der Waals surface area contributed by atoms with E-state index in [1.54, 1.807) is 0 Å². The Kier molecular flexibility index (Phi) is 3.42. The standard InChI is InChI=1S/C11H11ClF2O2/c12-6-3-8(13)11(9(14)4-6)10-5-7(15)1-2-16-10/h3-4,7,10,15H,1-2,5H2. The molecule has 0 saturated carbocycles. The second-order valence-electron chi connectivity index (χ2n) is 3.82. The Bertz CT molecular complexity index is 375. The Hall–Kier alpha value is -0.710. The van der Waals surface area contributed by atoms with Gasteiger partial charge in [-0.25, -0.2) is 8.78 Å². The number of ether oxygens (including phenoxy) is 1. The van der Waals surface area contributed by atoms with E-state index in [1.165, 1.54) is 0 Å². The first-order valence-electron chi connectivity index (χ1n) is 5.02. The van der Waals surface area contributed by atoms with E-state index in [1.807, 2.05) is 0 Å². The van der Waals surface area contributed by atoms with Gasteiger partial charge in [0, 0.05) is 18.1 Å². The van der Waals surface area contributed by atoms with Crippen LogP contribution in [0.4, 0.5) is 8.78 Å². The molecule has 2 nitrogen and oxygen atoms in total. The zero-order valence-electron chi connectivity index (χ0n) is 8.42. The molecule has 1 aliphatic heterocycles. The zero-order valence-corrected chi connectivity index (χ0v) is 9.18. The van der Waals surface area contributed by atoms with E-state index >= 15 is 0 Å². The monoisotopic (exact) mass is 248 g/mol. The molecule has 16 heavy (non-hydrogen) atoms. The van der Waals surface area contributed by atoms with Crippen LogP contribution in [0.25, 0.3) is 0 Å². The van der Waals surface area contributed by atoms with Gasteiger partial charge in [0.25, 0.3) is 0 Å². The summed E-state index contributed by atoms with van der Waals surface area (Å²) in [5, 5.41) is 9.44. The van der Waals surface area contributed by atoms with Gasteiger partial charge in [-0.05, 0) is 18.6 Å². The number of aliphatic hydroxyl groups is 1. The summed E-state index contributed by atoms with van der Waals surface area (Å²) in [5.74, 6) is -1.46. The molecule has 2 unspecified atom stereocenters. The van der Waals surface area contributed by atoms with Crippen molar-refractivity contribution < 1.29 is 18.6 Å². The summed E-state index contributed by atoms with van der Waals surface area (Å²) < 4.78 is 32.3. The van der Waals surface area contributed by atoms with Crippen molar-refractivity contribution in [3.8, 4) is 0 Å². The SMILES string of the molecule is OC1CCOC(c2c(F)cc(Cl)cc2F)C1. The van der Waals surface area contributed by atoms with Crippen molar-refractivity contribution in [2.75, 3.05) is 6.61 Å². The third-order valence-corrected chi connectivity index (χ3v) is 2.84. The van der Waals surface area contributed by atoms with Crippen LogP contribution in [0.5, 0.6) is 0 Å². The molecule has 1 N–H and O–H groups in total. The van der Waals surface area contributed by atoms with Gasteiger partial charge in [0.2, 0.25) is 0 Å². The van der Waals surface area contributed by atoms with E-state index in [0.717, 1.165) is 12.1 Å². The number of aliphatic hydroxyl groups excluding tert-OH is 1. The fourth-order valence-corrected chi connectivity index (χ4v) is 2.03. The number of hydrogen-bond donors (Lipinski definition) is 1. The predicted molar refractivity (Wildman–Crippen MR) is 55.3 cm³/mol. The lowest BCUT2D eigenvalue weighted by Crippen LogP contribution is -2.24. The number of hydrogen-bond acceptors (Lipinski definition) is 2. The molecular weight excluding hydrogens is 238 g/mol. The third-order valence-electron chi connectivity index (χ3n) is 2.62. The maximum Gasteiger partial charge on any atom is 0.133 e. The first-order chi connectivity index (χ1) is 7.58. The van der Waals surface area contributed by atoms with Gasteiger partial charge in [0.1, 0.15) is 11.6 Å². The molecule has 1 aromatic rings. The summed E-state index contributed by atoms with van der Waals surface area (Å²) >= 11 is 5.52. The summed E-state index contributed by atoms with van der Waals surface area (Å²) in [7, 11) is 0. The highest BCUT2D eigenvalue weighted by Gasteiger charge is 2.27. The van der Waals surface area contributed by atoms with E-state index in [2.05, 4.69) is 0 Å². The Morgan fingerprint density at radius 3 is 2.50 bits per heavy atom. The average Bonchev–Trinajstić information content (AvgIpc) is 2.15. The van der Waals surface area contributed by atoms with Gasteiger partial charge in [-0.2, -0.15) is 0 Å². The van der Waals surface area contributed by atoms with Gasteiger partial charge in [-0.15, -0.1) is 0 Å². The number of halogens is 3. The molecule has 1 fully saturated rings. The molecule has 0 spiro atoms. The molecule has 1 heterocycles. The van der Waals surface area contributed by atoms with Crippen LogP contribution < -0.4 is 0 Å². The topological polar surface area (TPSA) is 29.5 Å². The smallest absolute Gasteiger partial charge is 0.133 e. The Morgan fingerprint density at radius 1 is 1.31 bits per heavy atom. The molecule has 1 aromatic carbocycles. The second kappa shape index (κ2) is 4.65. The van der Waals surface area contributed by atoms with Crippen LogP contribution >= 0.6 is 11.6 Å². The maximum atomic E-state index is 13.5. The molecule has 2 rings (SSSR count). The highest BCUT2D eigenvalue weighted by atomic mass is 35.5. The minimum atomic E-state index is -0.735. The van der Waals surface area contributed by atoms with Crippen LogP contribution in [0.2, 0.25) is 5.02 Å². The summed E-state index contributed by atoms with van der Waals surface area (Å²) in [4.78, 5) is 0. The Balaban J connectivity index is 2.32. The van der Waals surface area contributed by atoms with Gasteiger partial charge in [-0.1, -0.05) is 11.6 Å². The molecular formula is C11H11ClF2O2. The van der Waals surface area contributed by atoms with E-state index < -0.39 is 23.8 Å². The molecule has 0 aromatic heterocycles. The van der Waals surface area contributed by atoms with Crippen LogP contribution in [0.1, 0.15) is 24.5 Å². The lowest BCUT2D eigenvalue weighted by Gasteiger charge is -2.27. The van der Waals surface area contributed by atoms with Gasteiger partial charge >= 0.3 is 0 Å². The Morgan fingerprint density at radius 2 is 1.94 bits per heavy atom. The summed E-state index contributed by atoms with van der Waals surface area (Å²) in [6.45, 7) is 0.299. The van der Waals surface area contributed by atoms with Crippen LogP contribution in [0.3, 0.4) is 0 Å². The fraction of sp³-hybridized carbons (Fsp3) is 0.455. The molecule has 1 aliphatic rings. The number of rotatable bonds is 1. The van der Waals surface area contributed by atoms with Crippen LogP contribution in [-0.4, -0.2) is 17.8 Å². The van der Waals surface area contributed by atoms with Crippen molar-refractivity contribution in [2.24, 2.45) is 0 Å². The van der Waals surface area contributed by atoms with Crippen molar-refractivity contribution in [1.29, 1.82) is 0 Å². The lowest BCUT2D eigenvalue weighted by molar-refractivity contribution is -0.0475. The van der Waals surface area contributed by atoms with Crippen molar-refractivity contribution >= 4 is 11.6 Å². The van der Waals surface area contributed by atoms with Crippen LogP contribution in [0, 0.1) is 11.6 Å². The van der Waals surface area contributed by atoms with Gasteiger partial charge < -0.3 is 9.84 Å². The minimum absolute atomic E-state index is 0.00936. The van der Waals surface area contributed by atoms with Crippen LogP contribution in [0.15, 0.2) is 12.1 Å². The summed E-state index contributed by atoms with van der Waals surface area (Å²) in [6, 6.07) is 2.09. The van der Waals surface area contributed by atoms with Crippen molar-refractivity contribution in [2.45, 2.75) is 25.0 Å². The molecule has 0 bridgehead atoms. The van der Waals surface area contributed by atoms with Crippen molar-refractivity contribution in [3.63, 3.8) is 0 Å². The second-order valence-corrected chi connectivity index (χ2v) is 4.26.